The first-order valence-electron chi connectivity index (χ1n) is 5.76. The van der Waals surface area contributed by atoms with Gasteiger partial charge in [0.25, 0.3) is 5.56 Å². The molecule has 21 heavy (non-hydrogen) atoms. The first-order valence-corrected chi connectivity index (χ1v) is 5.76. The van der Waals surface area contributed by atoms with Gasteiger partial charge in [0, 0.05) is 12.3 Å². The van der Waals surface area contributed by atoms with E-state index in [1.807, 2.05) is 0 Å². The Morgan fingerprint density at radius 2 is 2.00 bits per heavy atom. The Morgan fingerprint density at radius 1 is 1.29 bits per heavy atom. The molecular weight excluding hydrogens is 291 g/mol. The van der Waals surface area contributed by atoms with E-state index >= 15 is 0 Å². The molecule has 0 aromatic carbocycles. The lowest BCUT2D eigenvalue weighted by Crippen LogP contribution is -2.21. The average molecular weight is 301 g/mol. The van der Waals surface area contributed by atoms with Crippen LogP contribution in [0.2, 0.25) is 0 Å². The van der Waals surface area contributed by atoms with E-state index in [0.29, 0.717) is 12.3 Å². The number of hydrogen-bond acceptors (Lipinski definition) is 4. The van der Waals surface area contributed by atoms with Gasteiger partial charge in [0.2, 0.25) is 5.76 Å². The summed E-state index contributed by atoms with van der Waals surface area (Å²) in [5.74, 6) is -0.637. The fourth-order valence-electron chi connectivity index (χ4n) is 1.66. The Morgan fingerprint density at radius 3 is 2.62 bits per heavy atom. The minimum atomic E-state index is -4.55. The molecule has 2 aromatic heterocycles. The zero-order valence-electron chi connectivity index (χ0n) is 10.8. The van der Waals surface area contributed by atoms with Crippen LogP contribution in [0.1, 0.15) is 21.9 Å². The van der Waals surface area contributed by atoms with Crippen molar-refractivity contribution in [3.05, 3.63) is 57.9 Å². The quantitative estimate of drug-likeness (QED) is 0.816. The zero-order valence-corrected chi connectivity index (χ0v) is 10.8. The number of pyridine rings is 1. The van der Waals surface area contributed by atoms with E-state index in [-0.39, 0.29) is 18.1 Å². The molecule has 8 heteroatoms. The molecule has 0 aliphatic rings. The third-order valence-electron chi connectivity index (χ3n) is 2.69. The van der Waals surface area contributed by atoms with Crippen molar-refractivity contribution in [2.24, 2.45) is 0 Å². The molecule has 0 aliphatic carbocycles. The van der Waals surface area contributed by atoms with Crippen LogP contribution in [0.25, 0.3) is 0 Å². The third-order valence-corrected chi connectivity index (χ3v) is 2.69. The number of halogens is 3. The summed E-state index contributed by atoms with van der Waals surface area (Å²) in [7, 11) is 1.17. The molecule has 0 N–H and O–H groups in total. The largest absolute Gasteiger partial charge is 0.463 e. The van der Waals surface area contributed by atoms with Crippen molar-refractivity contribution in [2.75, 3.05) is 7.11 Å². The summed E-state index contributed by atoms with van der Waals surface area (Å²) >= 11 is 0. The Labute approximate surface area is 116 Å². The number of ether oxygens (including phenoxy) is 1. The van der Waals surface area contributed by atoms with Crippen LogP contribution in [0.5, 0.6) is 0 Å². The first-order chi connectivity index (χ1) is 9.81. The number of alkyl halides is 3. The fourth-order valence-corrected chi connectivity index (χ4v) is 1.66. The Hall–Kier alpha value is -2.51. The second kappa shape index (κ2) is 5.47. The molecule has 0 unspecified atom stereocenters. The molecule has 0 radical (unpaired) electrons. The highest BCUT2D eigenvalue weighted by atomic mass is 19.4. The van der Waals surface area contributed by atoms with E-state index in [9.17, 15) is 22.8 Å². The number of carbonyl (C=O) groups excluding carboxylic acids is 1. The second-order valence-corrected chi connectivity index (χ2v) is 4.14. The maximum Gasteiger partial charge on any atom is 0.417 e. The van der Waals surface area contributed by atoms with Crippen molar-refractivity contribution in [3.8, 4) is 0 Å². The topological polar surface area (TPSA) is 61.4 Å². The number of methoxy groups -OCH3 is 1. The van der Waals surface area contributed by atoms with Gasteiger partial charge in [-0.2, -0.15) is 13.2 Å². The molecule has 0 fully saturated rings. The van der Waals surface area contributed by atoms with Crippen molar-refractivity contribution in [1.29, 1.82) is 0 Å². The number of furan rings is 1. The van der Waals surface area contributed by atoms with Gasteiger partial charge in [-0.25, -0.2) is 4.79 Å². The summed E-state index contributed by atoms with van der Waals surface area (Å²) in [6.07, 6.45) is -3.85. The molecule has 0 amide bonds. The minimum absolute atomic E-state index is 0.0903. The lowest BCUT2D eigenvalue weighted by Gasteiger charge is -2.09. The summed E-state index contributed by atoms with van der Waals surface area (Å²) in [5, 5.41) is 0. The number of carbonyl (C=O) groups is 1. The van der Waals surface area contributed by atoms with Crippen LogP contribution in [0.4, 0.5) is 13.2 Å². The van der Waals surface area contributed by atoms with Crippen LogP contribution in [0.15, 0.2) is 39.7 Å². The Bertz CT molecular complexity index is 715. The number of aromatic nitrogens is 1. The van der Waals surface area contributed by atoms with Gasteiger partial charge in [-0.3, -0.25) is 4.79 Å². The minimum Gasteiger partial charge on any atom is -0.463 e. The van der Waals surface area contributed by atoms with Gasteiger partial charge < -0.3 is 13.7 Å². The van der Waals surface area contributed by atoms with Crippen LogP contribution >= 0.6 is 0 Å². The van der Waals surface area contributed by atoms with Crippen LogP contribution in [0, 0.1) is 0 Å². The van der Waals surface area contributed by atoms with Crippen LogP contribution in [-0.2, 0) is 17.5 Å². The highest BCUT2D eigenvalue weighted by Gasteiger charge is 2.31. The van der Waals surface area contributed by atoms with Gasteiger partial charge >= 0.3 is 12.1 Å². The maximum absolute atomic E-state index is 12.6. The highest BCUT2D eigenvalue weighted by Crippen LogP contribution is 2.28. The number of esters is 1. The summed E-state index contributed by atoms with van der Waals surface area (Å²) in [6.45, 7) is -0.222. The SMILES string of the molecule is COC(=O)c1ccc(Cn2cc(C(F)(F)F)ccc2=O)o1. The van der Waals surface area contributed by atoms with E-state index in [1.165, 1.54) is 19.2 Å². The number of hydrogen-bond donors (Lipinski definition) is 0. The van der Waals surface area contributed by atoms with E-state index in [4.69, 9.17) is 4.42 Å². The van der Waals surface area contributed by atoms with Crippen molar-refractivity contribution in [2.45, 2.75) is 12.7 Å². The zero-order chi connectivity index (χ0) is 15.6. The lowest BCUT2D eigenvalue weighted by atomic mass is 10.2. The Kier molecular flexibility index (Phi) is 3.88. The Balaban J connectivity index is 2.29. The molecule has 0 saturated heterocycles. The van der Waals surface area contributed by atoms with Gasteiger partial charge in [-0.05, 0) is 18.2 Å². The average Bonchev–Trinajstić information content (AvgIpc) is 2.87. The van der Waals surface area contributed by atoms with Crippen LogP contribution in [-0.4, -0.2) is 17.6 Å². The maximum atomic E-state index is 12.6. The molecule has 0 spiro atoms. The molecule has 2 rings (SSSR count). The van der Waals surface area contributed by atoms with Crippen LogP contribution in [0.3, 0.4) is 0 Å². The van der Waals surface area contributed by atoms with Gasteiger partial charge in [0.1, 0.15) is 5.76 Å². The van der Waals surface area contributed by atoms with Gasteiger partial charge in [0.05, 0.1) is 19.2 Å². The monoisotopic (exact) mass is 301 g/mol. The smallest absolute Gasteiger partial charge is 0.417 e. The number of rotatable bonds is 3. The summed E-state index contributed by atoms with van der Waals surface area (Å²) in [6, 6.07) is 4.24. The van der Waals surface area contributed by atoms with Gasteiger partial charge in [-0.1, -0.05) is 0 Å². The van der Waals surface area contributed by atoms with Crippen molar-refractivity contribution in [3.63, 3.8) is 0 Å². The van der Waals surface area contributed by atoms with Crippen LogP contribution < -0.4 is 5.56 Å². The predicted molar refractivity (Wildman–Crippen MR) is 64.9 cm³/mol. The van der Waals surface area contributed by atoms with E-state index in [2.05, 4.69) is 4.74 Å². The van der Waals surface area contributed by atoms with Gasteiger partial charge in [0.15, 0.2) is 0 Å². The first kappa shape index (κ1) is 14.9. The van der Waals surface area contributed by atoms with E-state index < -0.39 is 23.3 Å². The van der Waals surface area contributed by atoms with Crippen molar-refractivity contribution in [1.82, 2.24) is 4.57 Å². The molecule has 2 heterocycles. The molecule has 0 bridgehead atoms. The summed E-state index contributed by atoms with van der Waals surface area (Å²) in [5.41, 5.74) is -1.55. The fraction of sp³-hybridized carbons (Fsp3) is 0.231. The molecular formula is C13H10F3NO4. The highest BCUT2D eigenvalue weighted by molar-refractivity contribution is 5.86. The van der Waals surface area contributed by atoms with E-state index in [1.54, 1.807) is 0 Å². The summed E-state index contributed by atoms with van der Waals surface area (Å²) in [4.78, 5) is 22.8. The summed E-state index contributed by atoms with van der Waals surface area (Å²) < 4.78 is 48.2. The van der Waals surface area contributed by atoms with Crippen molar-refractivity contribution < 1.29 is 27.1 Å². The predicted octanol–water partition coefficient (Wildman–Crippen LogP) is 2.29. The molecule has 112 valence electrons. The molecule has 2 aromatic rings. The molecule has 0 atom stereocenters. The van der Waals surface area contributed by atoms with Crippen molar-refractivity contribution >= 4 is 5.97 Å². The third kappa shape index (κ3) is 3.33. The molecule has 0 saturated carbocycles. The molecule has 0 aliphatic heterocycles. The van der Waals surface area contributed by atoms with E-state index in [0.717, 1.165) is 10.6 Å². The second-order valence-electron chi connectivity index (χ2n) is 4.14. The van der Waals surface area contributed by atoms with Gasteiger partial charge in [-0.15, -0.1) is 0 Å². The lowest BCUT2D eigenvalue weighted by molar-refractivity contribution is -0.138. The normalized spacial score (nSPS) is 11.4. The molecule has 5 nitrogen and oxygen atoms in total. The standard InChI is InChI=1S/C13H10F3NO4/c1-20-12(19)10-4-3-9(21-10)7-17-6-8(13(14,15)16)2-5-11(17)18/h2-6H,7H2,1H3. The number of nitrogens with zero attached hydrogens (tertiary/aromatic N) is 1.